The van der Waals surface area contributed by atoms with E-state index >= 15 is 0 Å². The van der Waals surface area contributed by atoms with Crippen LogP contribution in [0.3, 0.4) is 0 Å². The zero-order chi connectivity index (χ0) is 21.6. The van der Waals surface area contributed by atoms with Crippen LogP contribution in [0.25, 0.3) is 5.69 Å². The van der Waals surface area contributed by atoms with Crippen molar-refractivity contribution in [2.45, 2.75) is 17.5 Å². The van der Waals surface area contributed by atoms with Gasteiger partial charge in [-0.25, -0.2) is 4.39 Å². The van der Waals surface area contributed by atoms with E-state index in [2.05, 4.69) is 10.2 Å². The number of aromatic nitrogens is 3. The molecule has 0 saturated carbocycles. The summed E-state index contributed by atoms with van der Waals surface area (Å²) in [7, 11) is 1.59. The summed E-state index contributed by atoms with van der Waals surface area (Å²) in [4.78, 5) is 14.4. The third kappa shape index (κ3) is 5.12. The number of rotatable bonds is 7. The predicted octanol–water partition coefficient (Wildman–Crippen LogP) is 3.32. The van der Waals surface area contributed by atoms with E-state index in [4.69, 9.17) is 9.47 Å². The van der Waals surface area contributed by atoms with Crippen molar-refractivity contribution in [3.63, 3.8) is 0 Å². The van der Waals surface area contributed by atoms with Crippen molar-refractivity contribution >= 4 is 17.7 Å². The molecule has 0 unspecified atom stereocenters. The SMILES string of the molecule is COCc1nnc(SCc2ccc(C(=O)N3CCOCC3)cc2)n1-c1ccc(F)cc1. The van der Waals surface area contributed by atoms with Gasteiger partial charge in [0, 0.05) is 37.2 Å². The quantitative estimate of drug-likeness (QED) is 0.523. The number of nitrogens with zero attached hydrogens (tertiary/aromatic N) is 4. The molecule has 0 spiro atoms. The minimum Gasteiger partial charge on any atom is -0.378 e. The van der Waals surface area contributed by atoms with E-state index in [1.807, 2.05) is 33.7 Å². The molecule has 2 aromatic carbocycles. The first kappa shape index (κ1) is 21.5. The monoisotopic (exact) mass is 442 g/mol. The molecule has 0 N–H and O–H groups in total. The molecule has 0 aliphatic carbocycles. The second-order valence-corrected chi connectivity index (χ2v) is 7.98. The second kappa shape index (κ2) is 10.0. The Morgan fingerprint density at radius 2 is 1.81 bits per heavy atom. The number of hydrogen-bond acceptors (Lipinski definition) is 6. The summed E-state index contributed by atoms with van der Waals surface area (Å²) >= 11 is 1.52. The minimum absolute atomic E-state index is 0.0303. The van der Waals surface area contributed by atoms with Gasteiger partial charge in [-0.15, -0.1) is 10.2 Å². The van der Waals surface area contributed by atoms with Gasteiger partial charge in [0.15, 0.2) is 11.0 Å². The molecule has 1 aromatic heterocycles. The van der Waals surface area contributed by atoms with Crippen molar-refractivity contribution in [3.8, 4) is 5.69 Å². The lowest BCUT2D eigenvalue weighted by molar-refractivity contribution is 0.0303. The molecule has 0 radical (unpaired) electrons. The van der Waals surface area contributed by atoms with Crippen molar-refractivity contribution in [2.75, 3.05) is 33.4 Å². The molecule has 9 heteroatoms. The molecular formula is C22H23FN4O3S. The molecule has 1 amide bonds. The first-order chi connectivity index (χ1) is 15.2. The van der Waals surface area contributed by atoms with Crippen molar-refractivity contribution in [2.24, 2.45) is 0 Å². The molecule has 2 heterocycles. The van der Waals surface area contributed by atoms with Crippen LogP contribution in [-0.4, -0.2) is 59.0 Å². The third-order valence-electron chi connectivity index (χ3n) is 4.93. The Labute approximate surface area is 184 Å². The van der Waals surface area contributed by atoms with E-state index in [9.17, 15) is 9.18 Å². The predicted molar refractivity (Wildman–Crippen MR) is 115 cm³/mol. The van der Waals surface area contributed by atoms with Gasteiger partial charge in [0.2, 0.25) is 0 Å². The Hall–Kier alpha value is -2.75. The van der Waals surface area contributed by atoms with E-state index in [1.54, 1.807) is 19.2 Å². The normalized spacial score (nSPS) is 14.1. The smallest absolute Gasteiger partial charge is 0.254 e. The summed E-state index contributed by atoms with van der Waals surface area (Å²) in [6, 6.07) is 13.8. The topological polar surface area (TPSA) is 69.5 Å². The number of carbonyl (C=O) groups excluding carboxylic acids is 1. The summed E-state index contributed by atoms with van der Waals surface area (Å²) < 4.78 is 25.7. The van der Waals surface area contributed by atoms with Crippen molar-refractivity contribution in [1.82, 2.24) is 19.7 Å². The highest BCUT2D eigenvalue weighted by Crippen LogP contribution is 2.26. The van der Waals surface area contributed by atoms with Crippen LogP contribution < -0.4 is 0 Å². The number of ether oxygens (including phenoxy) is 2. The Balaban J connectivity index is 1.46. The highest BCUT2D eigenvalue weighted by molar-refractivity contribution is 7.98. The number of carbonyl (C=O) groups is 1. The van der Waals surface area contributed by atoms with E-state index in [0.717, 1.165) is 11.3 Å². The average molecular weight is 443 g/mol. The lowest BCUT2D eigenvalue weighted by Crippen LogP contribution is -2.40. The molecule has 1 saturated heterocycles. The van der Waals surface area contributed by atoms with E-state index in [0.29, 0.717) is 55.2 Å². The molecule has 4 rings (SSSR count). The van der Waals surface area contributed by atoms with Crippen LogP contribution in [0.5, 0.6) is 0 Å². The number of halogens is 1. The van der Waals surface area contributed by atoms with Gasteiger partial charge < -0.3 is 14.4 Å². The Bertz CT molecular complexity index is 1020. The highest BCUT2D eigenvalue weighted by Gasteiger charge is 2.19. The largest absolute Gasteiger partial charge is 0.378 e. The van der Waals surface area contributed by atoms with Crippen LogP contribution in [0, 0.1) is 5.82 Å². The summed E-state index contributed by atoms with van der Waals surface area (Å²) in [5.74, 6) is 1.02. The number of benzene rings is 2. The molecule has 1 aliphatic heterocycles. The van der Waals surface area contributed by atoms with Gasteiger partial charge in [-0.1, -0.05) is 23.9 Å². The molecular weight excluding hydrogens is 419 g/mol. The average Bonchev–Trinajstić information content (AvgIpc) is 3.21. The zero-order valence-corrected chi connectivity index (χ0v) is 18.0. The molecule has 162 valence electrons. The molecule has 3 aromatic rings. The van der Waals surface area contributed by atoms with Gasteiger partial charge >= 0.3 is 0 Å². The van der Waals surface area contributed by atoms with Crippen LogP contribution >= 0.6 is 11.8 Å². The molecule has 1 aliphatic rings. The number of amides is 1. The van der Waals surface area contributed by atoms with Gasteiger partial charge in [-0.05, 0) is 42.0 Å². The minimum atomic E-state index is -0.300. The van der Waals surface area contributed by atoms with Gasteiger partial charge in [0.05, 0.1) is 13.2 Å². The first-order valence-corrected chi connectivity index (χ1v) is 10.9. The van der Waals surface area contributed by atoms with Gasteiger partial charge in [0.1, 0.15) is 12.4 Å². The number of methoxy groups -OCH3 is 1. The molecule has 7 nitrogen and oxygen atoms in total. The third-order valence-corrected chi connectivity index (χ3v) is 5.93. The first-order valence-electron chi connectivity index (χ1n) is 9.93. The Morgan fingerprint density at radius 1 is 1.10 bits per heavy atom. The lowest BCUT2D eigenvalue weighted by Gasteiger charge is -2.26. The van der Waals surface area contributed by atoms with Crippen molar-refractivity contribution in [1.29, 1.82) is 0 Å². The highest BCUT2D eigenvalue weighted by atomic mass is 32.2. The van der Waals surface area contributed by atoms with E-state index in [1.165, 1.54) is 23.9 Å². The fourth-order valence-corrected chi connectivity index (χ4v) is 4.23. The van der Waals surface area contributed by atoms with Crippen LogP contribution in [-0.2, 0) is 21.8 Å². The summed E-state index contributed by atoms with van der Waals surface area (Å²) in [5.41, 5.74) is 2.50. The van der Waals surface area contributed by atoms with Gasteiger partial charge in [-0.2, -0.15) is 0 Å². The van der Waals surface area contributed by atoms with Crippen LogP contribution in [0.4, 0.5) is 4.39 Å². The summed E-state index contributed by atoms with van der Waals surface area (Å²) in [5, 5.41) is 9.19. The zero-order valence-electron chi connectivity index (χ0n) is 17.2. The second-order valence-electron chi connectivity index (χ2n) is 7.03. The Kier molecular flexibility index (Phi) is 6.96. The maximum Gasteiger partial charge on any atom is 0.254 e. The molecule has 0 atom stereocenters. The number of thioether (sulfide) groups is 1. The maximum atomic E-state index is 13.4. The molecule has 1 fully saturated rings. The Morgan fingerprint density at radius 3 is 2.48 bits per heavy atom. The lowest BCUT2D eigenvalue weighted by atomic mass is 10.1. The van der Waals surface area contributed by atoms with Crippen molar-refractivity contribution in [3.05, 3.63) is 71.3 Å². The standard InChI is InChI=1S/C22H23FN4O3S/c1-29-14-20-24-25-22(27(20)19-8-6-18(23)7-9-19)31-15-16-2-4-17(5-3-16)21(28)26-10-12-30-13-11-26/h2-9H,10-15H2,1H3. The van der Waals surface area contributed by atoms with Crippen LogP contribution in [0.2, 0.25) is 0 Å². The maximum absolute atomic E-state index is 13.4. The number of hydrogen-bond donors (Lipinski definition) is 0. The fourth-order valence-electron chi connectivity index (χ4n) is 3.31. The van der Waals surface area contributed by atoms with E-state index < -0.39 is 0 Å². The van der Waals surface area contributed by atoms with Crippen molar-refractivity contribution < 1.29 is 18.7 Å². The van der Waals surface area contributed by atoms with E-state index in [-0.39, 0.29) is 11.7 Å². The summed E-state index contributed by atoms with van der Waals surface area (Å²) in [6.45, 7) is 2.71. The van der Waals surface area contributed by atoms with Gasteiger partial charge in [0.25, 0.3) is 5.91 Å². The summed E-state index contributed by atoms with van der Waals surface area (Å²) in [6.07, 6.45) is 0. The van der Waals surface area contributed by atoms with Crippen LogP contribution in [0.1, 0.15) is 21.7 Å². The fraction of sp³-hybridized carbons (Fsp3) is 0.318. The van der Waals surface area contributed by atoms with Crippen LogP contribution in [0.15, 0.2) is 53.7 Å². The van der Waals surface area contributed by atoms with Gasteiger partial charge in [-0.3, -0.25) is 9.36 Å². The molecule has 0 bridgehead atoms. The number of morpholine rings is 1. The molecule has 31 heavy (non-hydrogen) atoms.